The van der Waals surface area contributed by atoms with E-state index in [9.17, 15) is 9.90 Å². The number of nitrogens with zero attached hydrogens (tertiary/aromatic N) is 1. The van der Waals surface area contributed by atoms with Crippen LogP contribution in [0.2, 0.25) is 0 Å². The summed E-state index contributed by atoms with van der Waals surface area (Å²) in [4.78, 5) is 14.8. The van der Waals surface area contributed by atoms with Crippen molar-refractivity contribution in [3.8, 4) is 16.9 Å². The van der Waals surface area contributed by atoms with Crippen LogP contribution in [0.4, 0.5) is 0 Å². The van der Waals surface area contributed by atoms with Crippen molar-refractivity contribution in [2.75, 3.05) is 20.2 Å². The van der Waals surface area contributed by atoms with E-state index in [2.05, 4.69) is 0 Å². The van der Waals surface area contributed by atoms with Crippen LogP contribution >= 0.6 is 0 Å². The highest BCUT2D eigenvalue weighted by molar-refractivity contribution is 5.95. The van der Waals surface area contributed by atoms with Crippen LogP contribution in [-0.4, -0.2) is 41.7 Å². The van der Waals surface area contributed by atoms with Crippen LogP contribution < -0.4 is 4.74 Å². The monoisotopic (exact) mass is 351 g/mol. The molecule has 0 aromatic heterocycles. The van der Waals surface area contributed by atoms with Crippen LogP contribution in [0, 0.1) is 5.92 Å². The summed E-state index contributed by atoms with van der Waals surface area (Å²) in [7, 11) is 1.66. The van der Waals surface area contributed by atoms with E-state index in [0.717, 1.165) is 49.1 Å². The van der Waals surface area contributed by atoms with Gasteiger partial charge in [-0.25, -0.2) is 0 Å². The van der Waals surface area contributed by atoms with Crippen molar-refractivity contribution in [3.05, 3.63) is 54.1 Å². The molecule has 0 bridgehead atoms. The Bertz CT molecular complexity index is 795. The molecule has 136 valence electrons. The van der Waals surface area contributed by atoms with Crippen molar-refractivity contribution in [3.63, 3.8) is 0 Å². The topological polar surface area (TPSA) is 49.8 Å². The number of ether oxygens (including phenoxy) is 1. The fourth-order valence-electron chi connectivity index (χ4n) is 3.99. The van der Waals surface area contributed by atoms with Gasteiger partial charge in [-0.15, -0.1) is 0 Å². The van der Waals surface area contributed by atoms with Crippen LogP contribution in [0.25, 0.3) is 11.1 Å². The third kappa shape index (κ3) is 3.21. The molecule has 2 aliphatic rings. The zero-order valence-electron chi connectivity index (χ0n) is 15.1. The smallest absolute Gasteiger partial charge is 0.253 e. The van der Waals surface area contributed by atoms with E-state index in [4.69, 9.17) is 4.74 Å². The van der Waals surface area contributed by atoms with Gasteiger partial charge in [0.25, 0.3) is 5.91 Å². The average molecular weight is 351 g/mol. The molecular weight excluding hydrogens is 326 g/mol. The Labute approximate surface area is 154 Å². The summed E-state index contributed by atoms with van der Waals surface area (Å²) in [5, 5.41) is 10.4. The van der Waals surface area contributed by atoms with Gasteiger partial charge in [0.1, 0.15) is 5.75 Å². The van der Waals surface area contributed by atoms with Gasteiger partial charge in [-0.3, -0.25) is 4.79 Å². The lowest BCUT2D eigenvalue weighted by molar-refractivity contribution is 0.0282. The van der Waals surface area contributed by atoms with Crippen molar-refractivity contribution in [1.82, 2.24) is 4.90 Å². The van der Waals surface area contributed by atoms with Gasteiger partial charge in [0.2, 0.25) is 0 Å². The molecular formula is C22H25NO3. The quantitative estimate of drug-likeness (QED) is 0.913. The predicted molar refractivity (Wildman–Crippen MR) is 101 cm³/mol. The zero-order chi connectivity index (χ0) is 18.1. The third-order valence-electron chi connectivity index (χ3n) is 5.78. The fraction of sp³-hybridized carbons (Fsp3) is 0.409. The lowest BCUT2D eigenvalue weighted by Crippen LogP contribution is -2.44. The molecule has 1 N–H and O–H groups in total. The van der Waals surface area contributed by atoms with Gasteiger partial charge < -0.3 is 14.7 Å². The number of hydrogen-bond donors (Lipinski definition) is 1. The summed E-state index contributed by atoms with van der Waals surface area (Å²) < 4.78 is 5.42. The summed E-state index contributed by atoms with van der Waals surface area (Å²) in [5.41, 5.74) is 2.24. The summed E-state index contributed by atoms with van der Waals surface area (Å²) in [6.45, 7) is 1.45. The minimum Gasteiger partial charge on any atom is -0.496 e. The molecule has 1 atom stereocenters. The highest BCUT2D eigenvalue weighted by Gasteiger charge is 2.49. The minimum atomic E-state index is -0.507. The van der Waals surface area contributed by atoms with Crippen LogP contribution in [0.15, 0.2) is 48.5 Å². The average Bonchev–Trinajstić information content (AvgIpc) is 3.46. The molecule has 2 aromatic rings. The molecule has 1 saturated heterocycles. The summed E-state index contributed by atoms with van der Waals surface area (Å²) in [5.74, 6) is 1.11. The lowest BCUT2D eigenvalue weighted by atomic mass is 9.90. The second-order valence-electron chi connectivity index (χ2n) is 7.47. The fourth-order valence-corrected chi connectivity index (χ4v) is 3.99. The Morgan fingerprint density at radius 1 is 1.15 bits per heavy atom. The Kier molecular flexibility index (Phi) is 4.45. The van der Waals surface area contributed by atoms with Gasteiger partial charge in [0.15, 0.2) is 0 Å². The molecule has 4 rings (SSSR count). The number of piperidine rings is 1. The Morgan fingerprint density at radius 2 is 1.88 bits per heavy atom. The molecule has 1 saturated carbocycles. The van der Waals surface area contributed by atoms with E-state index in [1.807, 2.05) is 53.4 Å². The van der Waals surface area contributed by atoms with Crippen LogP contribution in [0.3, 0.4) is 0 Å². The van der Waals surface area contributed by atoms with Crippen LogP contribution in [0.1, 0.15) is 36.0 Å². The van der Waals surface area contributed by atoms with Crippen molar-refractivity contribution in [2.45, 2.75) is 31.3 Å². The first-order chi connectivity index (χ1) is 12.6. The maximum absolute atomic E-state index is 12.9. The van der Waals surface area contributed by atoms with Gasteiger partial charge in [-0.2, -0.15) is 0 Å². The third-order valence-corrected chi connectivity index (χ3v) is 5.78. The number of aliphatic hydroxyl groups is 1. The van der Waals surface area contributed by atoms with E-state index < -0.39 is 5.60 Å². The number of para-hydroxylation sites is 1. The van der Waals surface area contributed by atoms with Crippen molar-refractivity contribution in [1.29, 1.82) is 0 Å². The summed E-state index contributed by atoms with van der Waals surface area (Å²) in [6, 6.07) is 15.6. The maximum Gasteiger partial charge on any atom is 0.253 e. The summed E-state index contributed by atoms with van der Waals surface area (Å²) in [6.07, 6.45) is 3.76. The Morgan fingerprint density at radius 3 is 2.58 bits per heavy atom. The van der Waals surface area contributed by atoms with Crippen molar-refractivity contribution >= 4 is 5.91 Å². The number of hydrogen-bond acceptors (Lipinski definition) is 3. The Hall–Kier alpha value is -2.33. The molecule has 1 unspecified atom stereocenters. The molecule has 4 heteroatoms. The molecule has 4 nitrogen and oxygen atoms in total. The Balaban J connectivity index is 1.50. The molecule has 0 radical (unpaired) electrons. The number of amides is 1. The van der Waals surface area contributed by atoms with Crippen molar-refractivity contribution < 1.29 is 14.6 Å². The molecule has 1 heterocycles. The van der Waals surface area contributed by atoms with Crippen molar-refractivity contribution in [2.24, 2.45) is 5.92 Å². The first-order valence-electron chi connectivity index (χ1n) is 9.36. The SMILES string of the molecule is COc1ccccc1-c1ccc(C(=O)N2CCCC(C3(O)CC3)C2)cc1. The summed E-state index contributed by atoms with van der Waals surface area (Å²) >= 11 is 0. The van der Waals surface area contributed by atoms with Gasteiger partial charge in [-0.05, 0) is 49.4 Å². The van der Waals surface area contributed by atoms with Crippen LogP contribution in [-0.2, 0) is 0 Å². The standard InChI is InChI=1S/C22H25NO3/c1-26-20-7-3-2-6-19(20)16-8-10-17(11-9-16)21(24)23-14-4-5-18(15-23)22(25)12-13-22/h2-3,6-11,18,25H,4-5,12-15H2,1H3. The highest BCUT2D eigenvalue weighted by atomic mass is 16.5. The largest absolute Gasteiger partial charge is 0.496 e. The van der Waals surface area contributed by atoms with E-state index in [0.29, 0.717) is 12.1 Å². The van der Waals surface area contributed by atoms with Gasteiger partial charge in [-0.1, -0.05) is 30.3 Å². The minimum absolute atomic E-state index is 0.0607. The number of benzene rings is 2. The first kappa shape index (κ1) is 17.1. The van der Waals surface area contributed by atoms with E-state index >= 15 is 0 Å². The number of methoxy groups -OCH3 is 1. The number of carbonyl (C=O) groups is 1. The molecule has 1 amide bonds. The molecule has 2 fully saturated rings. The molecule has 26 heavy (non-hydrogen) atoms. The van der Waals surface area contributed by atoms with Gasteiger partial charge >= 0.3 is 0 Å². The second-order valence-corrected chi connectivity index (χ2v) is 7.47. The predicted octanol–water partition coefficient (Wildman–Crippen LogP) is 3.74. The lowest BCUT2D eigenvalue weighted by Gasteiger charge is -2.35. The van der Waals surface area contributed by atoms with Crippen LogP contribution in [0.5, 0.6) is 5.75 Å². The normalized spacial score (nSPS) is 21.3. The molecule has 2 aromatic carbocycles. The zero-order valence-corrected chi connectivity index (χ0v) is 15.1. The molecule has 1 aliphatic heterocycles. The number of rotatable bonds is 4. The van der Waals surface area contributed by atoms with E-state index in [-0.39, 0.29) is 11.8 Å². The second kappa shape index (κ2) is 6.76. The van der Waals surface area contributed by atoms with E-state index in [1.54, 1.807) is 7.11 Å². The first-order valence-corrected chi connectivity index (χ1v) is 9.36. The van der Waals surface area contributed by atoms with Gasteiger partial charge in [0, 0.05) is 30.1 Å². The highest BCUT2D eigenvalue weighted by Crippen LogP contribution is 2.45. The molecule has 0 spiro atoms. The maximum atomic E-state index is 12.9. The number of likely N-dealkylation sites (tertiary alicyclic amines) is 1. The van der Waals surface area contributed by atoms with Gasteiger partial charge in [0.05, 0.1) is 12.7 Å². The number of carbonyl (C=O) groups excluding carboxylic acids is 1. The molecule has 1 aliphatic carbocycles. The van der Waals surface area contributed by atoms with E-state index in [1.165, 1.54) is 0 Å².